The van der Waals surface area contributed by atoms with Crippen LogP contribution in [0.1, 0.15) is 15.9 Å². The minimum absolute atomic E-state index is 0.0802. The van der Waals surface area contributed by atoms with Crippen molar-refractivity contribution in [1.82, 2.24) is 19.3 Å². The Morgan fingerprint density at radius 2 is 1.82 bits per heavy atom. The predicted octanol–water partition coefficient (Wildman–Crippen LogP) is 4.14. The maximum absolute atomic E-state index is 12.8. The first-order chi connectivity index (χ1) is 13.2. The highest BCUT2D eigenvalue weighted by Gasteiger charge is 2.30. The molecule has 2 aromatic heterocycles. The van der Waals surface area contributed by atoms with Crippen molar-refractivity contribution < 1.29 is 23.1 Å². The minimum Gasteiger partial charge on any atom is -0.478 e. The second-order valence-electron chi connectivity index (χ2n) is 6.27. The normalized spacial score (nSPS) is 11.9. The summed E-state index contributed by atoms with van der Waals surface area (Å²) in [5.74, 6) is -1.09. The maximum Gasteiger partial charge on any atom is 0.416 e. The van der Waals surface area contributed by atoms with Gasteiger partial charge in [0.2, 0.25) is 0 Å². The number of nitrogens with zero attached hydrogens (tertiary/aromatic N) is 4. The standard InChI is InChI=1S/C19H13F3N4O2/c1-25-9-15(23-10-25)17-14-8-11(18(27)28)2-7-16(14)26(24-17)13-5-3-12(4-6-13)19(20,21)22/h2-10H,1H3,(H,27,28). The van der Waals surface area contributed by atoms with Gasteiger partial charge in [0.15, 0.2) is 0 Å². The second-order valence-corrected chi connectivity index (χ2v) is 6.27. The molecule has 4 rings (SSSR count). The number of aryl methyl sites for hydroxylation is 1. The molecule has 9 heteroatoms. The molecular formula is C19H13F3N4O2. The Labute approximate surface area is 156 Å². The van der Waals surface area contributed by atoms with E-state index in [-0.39, 0.29) is 5.56 Å². The molecule has 6 nitrogen and oxygen atoms in total. The zero-order chi connectivity index (χ0) is 20.1. The van der Waals surface area contributed by atoms with E-state index in [2.05, 4.69) is 10.1 Å². The van der Waals surface area contributed by atoms with Crippen molar-refractivity contribution in [2.45, 2.75) is 6.18 Å². The Balaban J connectivity index is 1.93. The summed E-state index contributed by atoms with van der Waals surface area (Å²) in [6.45, 7) is 0. The van der Waals surface area contributed by atoms with Gasteiger partial charge in [0.05, 0.1) is 28.7 Å². The Morgan fingerprint density at radius 3 is 2.39 bits per heavy atom. The number of aromatic carboxylic acids is 1. The number of hydrogen-bond acceptors (Lipinski definition) is 3. The molecule has 0 aliphatic heterocycles. The number of fused-ring (bicyclic) bond motifs is 1. The number of alkyl halides is 3. The third-order valence-corrected chi connectivity index (χ3v) is 4.31. The molecule has 142 valence electrons. The van der Waals surface area contributed by atoms with Crippen LogP contribution in [0.15, 0.2) is 55.0 Å². The molecule has 28 heavy (non-hydrogen) atoms. The quantitative estimate of drug-likeness (QED) is 0.574. The first-order valence-corrected chi connectivity index (χ1v) is 8.16. The van der Waals surface area contributed by atoms with Gasteiger partial charge in [-0.3, -0.25) is 0 Å². The Hall–Kier alpha value is -3.62. The molecule has 0 saturated heterocycles. The predicted molar refractivity (Wildman–Crippen MR) is 95.2 cm³/mol. The monoisotopic (exact) mass is 386 g/mol. The average molecular weight is 386 g/mol. The van der Waals surface area contributed by atoms with Crippen molar-refractivity contribution in [3.63, 3.8) is 0 Å². The third-order valence-electron chi connectivity index (χ3n) is 4.31. The summed E-state index contributed by atoms with van der Waals surface area (Å²) in [5.41, 5.74) is 1.27. The van der Waals surface area contributed by atoms with Gasteiger partial charge in [-0.05, 0) is 42.5 Å². The molecule has 0 amide bonds. The lowest BCUT2D eigenvalue weighted by atomic mass is 10.1. The largest absolute Gasteiger partial charge is 0.478 e. The van der Waals surface area contributed by atoms with Gasteiger partial charge in [0.1, 0.15) is 11.4 Å². The van der Waals surface area contributed by atoms with Gasteiger partial charge in [-0.2, -0.15) is 18.3 Å². The van der Waals surface area contributed by atoms with E-state index in [0.29, 0.717) is 28.0 Å². The summed E-state index contributed by atoms with van der Waals surface area (Å²) in [6, 6.07) is 9.09. The number of halogens is 3. The average Bonchev–Trinajstić information content (AvgIpc) is 3.24. The van der Waals surface area contributed by atoms with Crippen LogP contribution in [0.4, 0.5) is 13.2 Å². The van der Waals surface area contributed by atoms with Gasteiger partial charge < -0.3 is 9.67 Å². The van der Waals surface area contributed by atoms with E-state index in [0.717, 1.165) is 12.1 Å². The number of carboxylic acids is 1. The Morgan fingerprint density at radius 1 is 1.11 bits per heavy atom. The van der Waals surface area contributed by atoms with E-state index < -0.39 is 17.7 Å². The van der Waals surface area contributed by atoms with Crippen LogP contribution >= 0.6 is 0 Å². The number of rotatable bonds is 3. The van der Waals surface area contributed by atoms with Crippen molar-refractivity contribution in [2.75, 3.05) is 0 Å². The zero-order valence-electron chi connectivity index (χ0n) is 14.5. The first kappa shape index (κ1) is 17.8. The summed E-state index contributed by atoms with van der Waals surface area (Å²) in [7, 11) is 1.79. The van der Waals surface area contributed by atoms with Crippen LogP contribution in [-0.4, -0.2) is 30.4 Å². The molecule has 0 bridgehead atoms. The molecule has 1 N–H and O–H groups in total. The van der Waals surface area contributed by atoms with E-state index in [4.69, 9.17) is 0 Å². The van der Waals surface area contributed by atoms with E-state index in [1.54, 1.807) is 30.2 Å². The van der Waals surface area contributed by atoms with Crippen molar-refractivity contribution in [3.8, 4) is 17.1 Å². The lowest BCUT2D eigenvalue weighted by Gasteiger charge is -2.08. The maximum atomic E-state index is 12.8. The van der Waals surface area contributed by atoms with Crippen LogP contribution in [0, 0.1) is 0 Å². The number of carbonyl (C=O) groups is 1. The molecule has 2 heterocycles. The highest BCUT2D eigenvalue weighted by molar-refractivity contribution is 5.99. The Bertz CT molecular complexity index is 1190. The van der Waals surface area contributed by atoms with Crippen molar-refractivity contribution in [1.29, 1.82) is 0 Å². The zero-order valence-corrected chi connectivity index (χ0v) is 14.5. The Kier molecular flexibility index (Phi) is 3.95. The molecule has 4 aromatic rings. The van der Waals surface area contributed by atoms with Gasteiger partial charge in [0, 0.05) is 18.6 Å². The van der Waals surface area contributed by atoms with Gasteiger partial charge in [-0.25, -0.2) is 14.5 Å². The van der Waals surface area contributed by atoms with E-state index in [9.17, 15) is 23.1 Å². The fourth-order valence-electron chi connectivity index (χ4n) is 2.96. The topological polar surface area (TPSA) is 72.9 Å². The summed E-state index contributed by atoms with van der Waals surface area (Å²) >= 11 is 0. The summed E-state index contributed by atoms with van der Waals surface area (Å²) in [5, 5.41) is 14.3. The lowest BCUT2D eigenvalue weighted by molar-refractivity contribution is -0.137. The van der Waals surface area contributed by atoms with Gasteiger partial charge in [-0.15, -0.1) is 0 Å². The van der Waals surface area contributed by atoms with Crippen molar-refractivity contribution in [3.05, 3.63) is 66.1 Å². The number of aromatic nitrogens is 4. The molecule has 0 aliphatic rings. The molecular weight excluding hydrogens is 373 g/mol. The van der Waals surface area contributed by atoms with Crippen LogP contribution in [0.3, 0.4) is 0 Å². The molecule has 0 aliphatic carbocycles. The fourth-order valence-corrected chi connectivity index (χ4v) is 2.96. The molecule has 2 aromatic carbocycles. The fraction of sp³-hybridized carbons (Fsp3) is 0.105. The van der Waals surface area contributed by atoms with Gasteiger partial charge in [-0.1, -0.05) is 0 Å². The molecule has 0 unspecified atom stereocenters. The molecule has 0 saturated carbocycles. The van der Waals surface area contributed by atoms with Crippen LogP contribution < -0.4 is 0 Å². The number of benzene rings is 2. The summed E-state index contributed by atoms with van der Waals surface area (Å²) in [4.78, 5) is 15.6. The molecule has 0 spiro atoms. The number of imidazole rings is 1. The summed E-state index contributed by atoms with van der Waals surface area (Å²) in [6.07, 6.45) is -1.12. The van der Waals surface area contributed by atoms with Gasteiger partial charge in [0.25, 0.3) is 0 Å². The molecule has 0 atom stereocenters. The highest BCUT2D eigenvalue weighted by Crippen LogP contribution is 2.32. The van der Waals surface area contributed by atoms with Gasteiger partial charge >= 0.3 is 12.1 Å². The van der Waals surface area contributed by atoms with Crippen LogP contribution in [0.5, 0.6) is 0 Å². The van der Waals surface area contributed by atoms with Crippen molar-refractivity contribution in [2.24, 2.45) is 7.05 Å². The second kappa shape index (κ2) is 6.22. The SMILES string of the molecule is Cn1cnc(-c2nn(-c3ccc(C(F)(F)F)cc3)c3ccc(C(=O)O)cc23)c1. The lowest BCUT2D eigenvalue weighted by Crippen LogP contribution is -2.05. The third kappa shape index (κ3) is 3.00. The van der Waals surface area contributed by atoms with E-state index in [1.807, 2.05) is 0 Å². The number of hydrogen-bond donors (Lipinski definition) is 1. The first-order valence-electron chi connectivity index (χ1n) is 8.16. The summed E-state index contributed by atoms with van der Waals surface area (Å²) < 4.78 is 41.7. The van der Waals surface area contributed by atoms with E-state index >= 15 is 0 Å². The van der Waals surface area contributed by atoms with E-state index in [1.165, 1.54) is 28.9 Å². The van der Waals surface area contributed by atoms with Crippen LogP contribution in [-0.2, 0) is 13.2 Å². The minimum atomic E-state index is -4.43. The van der Waals surface area contributed by atoms with Crippen LogP contribution in [0.25, 0.3) is 28.0 Å². The molecule has 0 radical (unpaired) electrons. The molecule has 0 fully saturated rings. The highest BCUT2D eigenvalue weighted by atomic mass is 19.4. The smallest absolute Gasteiger partial charge is 0.416 e. The van der Waals surface area contributed by atoms with Crippen LogP contribution in [0.2, 0.25) is 0 Å². The number of carboxylic acid groups (broad SMARTS) is 1. The van der Waals surface area contributed by atoms with Crippen molar-refractivity contribution >= 4 is 16.9 Å².